The topological polar surface area (TPSA) is 71.1 Å². The van der Waals surface area contributed by atoms with Crippen molar-refractivity contribution in [1.82, 2.24) is 0 Å². The summed E-state index contributed by atoms with van der Waals surface area (Å²) in [5, 5.41) is 0. The van der Waals surface area contributed by atoms with E-state index < -0.39 is 37.0 Å². The third-order valence-electron chi connectivity index (χ3n) is 5.29. The Balaban J connectivity index is 1.61. The van der Waals surface area contributed by atoms with E-state index in [1.165, 1.54) is 13.5 Å². The summed E-state index contributed by atoms with van der Waals surface area (Å²) in [5.74, 6) is -0.576. The van der Waals surface area contributed by atoms with Crippen LogP contribution in [-0.2, 0) is 26.6 Å². The summed E-state index contributed by atoms with van der Waals surface area (Å²) in [6.45, 7) is 0.334. The Morgan fingerprint density at radius 2 is 1.85 bits per heavy atom. The number of hydrogen-bond donors (Lipinski definition) is 0. The molecule has 1 spiro atoms. The molecule has 6 nitrogen and oxygen atoms in total. The van der Waals surface area contributed by atoms with Gasteiger partial charge in [0.2, 0.25) is 0 Å². The van der Waals surface area contributed by atoms with Gasteiger partial charge >= 0.3 is 155 Å². The summed E-state index contributed by atoms with van der Waals surface area (Å²) >= 11 is -4.59. The Labute approximate surface area is 155 Å². The average molecular weight is 427 g/mol. The molecule has 1 aliphatic carbocycles. The van der Waals surface area contributed by atoms with Crippen LogP contribution in [0.1, 0.15) is 32.1 Å². The van der Waals surface area contributed by atoms with E-state index in [-0.39, 0.29) is 4.47 Å². The molecule has 142 valence electrons. The van der Waals surface area contributed by atoms with Gasteiger partial charge in [0.25, 0.3) is 0 Å². The predicted octanol–water partition coefficient (Wildman–Crippen LogP) is 2.11. The van der Waals surface area contributed by atoms with Crippen LogP contribution in [0.15, 0.2) is 40.9 Å². The number of rotatable bonds is 4. The van der Waals surface area contributed by atoms with Gasteiger partial charge < -0.3 is 0 Å². The Morgan fingerprint density at radius 1 is 1.12 bits per heavy atom. The molecule has 0 bridgehead atoms. The number of benzene rings is 1. The molecule has 0 amide bonds. The Hall–Kier alpha value is -1.08. The van der Waals surface area contributed by atoms with Crippen molar-refractivity contribution in [3.05, 3.63) is 40.9 Å². The molecule has 26 heavy (non-hydrogen) atoms. The molecule has 1 unspecified atom stereocenters. The molecule has 7 heteroatoms. The van der Waals surface area contributed by atoms with Crippen LogP contribution < -0.4 is 4.46 Å². The molecule has 2 aliphatic heterocycles. The van der Waals surface area contributed by atoms with Crippen LogP contribution in [0.2, 0.25) is 0 Å². The van der Waals surface area contributed by atoms with Crippen LogP contribution in [0, 0.1) is 0 Å². The van der Waals surface area contributed by atoms with Crippen molar-refractivity contribution in [3.63, 3.8) is 0 Å². The van der Waals surface area contributed by atoms with Crippen LogP contribution in [0.4, 0.5) is 0 Å². The molecule has 0 N–H and O–H groups in total. The standard InChI is InChI=1S/C19H24O6Se/c1-22-17-12-16(26(20,21)14-8-4-2-5-9-14)18(24-17)15-13-23-19(25-15)10-6-3-7-11-19/h2,4-5,8-9,12,15,17-18H,3,6-7,10-11,13H2,1H3/t15?,17-,18-/m1/s1. The van der Waals surface area contributed by atoms with Gasteiger partial charge in [0, 0.05) is 0 Å². The Kier molecular flexibility index (Phi) is 5.03. The summed E-state index contributed by atoms with van der Waals surface area (Å²) in [6, 6.07) is 8.48. The van der Waals surface area contributed by atoms with E-state index in [2.05, 4.69) is 0 Å². The fourth-order valence-corrected chi connectivity index (χ4v) is 7.27. The monoisotopic (exact) mass is 428 g/mol. The summed E-state index contributed by atoms with van der Waals surface area (Å²) in [5.41, 5.74) is 0. The van der Waals surface area contributed by atoms with Crippen molar-refractivity contribution in [2.24, 2.45) is 0 Å². The zero-order valence-electron chi connectivity index (χ0n) is 14.8. The third kappa shape index (κ3) is 3.28. The first kappa shape index (κ1) is 18.3. The molecule has 0 aromatic heterocycles. The van der Waals surface area contributed by atoms with Crippen LogP contribution in [0.5, 0.6) is 0 Å². The molecule has 1 saturated carbocycles. The third-order valence-corrected chi connectivity index (χ3v) is 9.24. The molecule has 3 atom stereocenters. The number of methoxy groups -OCH3 is 1. The van der Waals surface area contributed by atoms with Gasteiger partial charge in [-0.3, -0.25) is 0 Å². The van der Waals surface area contributed by atoms with Gasteiger partial charge in [-0.2, -0.15) is 0 Å². The van der Waals surface area contributed by atoms with Gasteiger partial charge in [0.15, 0.2) is 0 Å². The van der Waals surface area contributed by atoms with Crippen molar-refractivity contribution in [1.29, 1.82) is 0 Å². The Bertz CT molecular complexity index is 766. The summed E-state index contributed by atoms with van der Waals surface area (Å²) in [7, 11) is 1.50. The second kappa shape index (κ2) is 7.15. The molecule has 2 heterocycles. The average Bonchev–Trinajstić information content (AvgIpc) is 3.28. The van der Waals surface area contributed by atoms with E-state index in [0.717, 1.165) is 25.7 Å². The van der Waals surface area contributed by atoms with E-state index in [1.807, 2.05) is 0 Å². The first-order valence-corrected chi connectivity index (χ1v) is 12.2. The van der Waals surface area contributed by atoms with Gasteiger partial charge in [-0.25, -0.2) is 0 Å². The summed E-state index contributed by atoms with van der Waals surface area (Å²) in [6.07, 6.45) is 4.74. The first-order chi connectivity index (χ1) is 12.5. The molecular weight excluding hydrogens is 403 g/mol. The normalized spacial score (nSPS) is 31.3. The summed E-state index contributed by atoms with van der Waals surface area (Å²) in [4.78, 5) is 0. The molecule has 1 saturated heterocycles. The second-order valence-electron chi connectivity index (χ2n) is 6.98. The van der Waals surface area contributed by atoms with Gasteiger partial charge in [-0.1, -0.05) is 0 Å². The van der Waals surface area contributed by atoms with Crippen molar-refractivity contribution >= 4 is 17.2 Å². The predicted molar refractivity (Wildman–Crippen MR) is 93.6 cm³/mol. The Morgan fingerprint density at radius 3 is 2.54 bits per heavy atom. The molecule has 0 radical (unpaired) electrons. The molecule has 3 aliphatic rings. The maximum absolute atomic E-state index is 13.2. The molecular formula is C19H24O6Se. The van der Waals surface area contributed by atoms with E-state index >= 15 is 0 Å². The minimum atomic E-state index is -4.59. The zero-order valence-corrected chi connectivity index (χ0v) is 16.5. The van der Waals surface area contributed by atoms with Crippen molar-refractivity contribution in [2.75, 3.05) is 13.7 Å². The molecule has 4 rings (SSSR count). The fraction of sp³-hybridized carbons (Fsp3) is 0.579. The van der Waals surface area contributed by atoms with Gasteiger partial charge in [0.1, 0.15) is 0 Å². The molecule has 1 aromatic rings. The van der Waals surface area contributed by atoms with Crippen molar-refractivity contribution in [2.45, 2.75) is 56.4 Å². The molecule has 1 aromatic carbocycles. The van der Waals surface area contributed by atoms with Crippen LogP contribution in [-0.4, -0.2) is 50.7 Å². The fourth-order valence-electron chi connectivity index (χ4n) is 3.93. The van der Waals surface area contributed by atoms with E-state index in [4.69, 9.17) is 18.9 Å². The van der Waals surface area contributed by atoms with Crippen LogP contribution in [0.3, 0.4) is 0 Å². The van der Waals surface area contributed by atoms with Crippen molar-refractivity contribution < 1.29 is 26.6 Å². The van der Waals surface area contributed by atoms with E-state index in [1.54, 1.807) is 36.4 Å². The SMILES string of the molecule is CO[C@H]1C=C([Se](=O)(=O)c2ccccc2)[C@@H](C2COC3(CCCCC3)O2)O1. The number of ether oxygens (including phenoxy) is 4. The minimum absolute atomic E-state index is 0.265. The van der Waals surface area contributed by atoms with Gasteiger partial charge in [-0.15, -0.1) is 0 Å². The van der Waals surface area contributed by atoms with Gasteiger partial charge in [0.05, 0.1) is 0 Å². The maximum atomic E-state index is 13.2. The quantitative estimate of drug-likeness (QED) is 0.686. The first-order valence-electron chi connectivity index (χ1n) is 9.06. The van der Waals surface area contributed by atoms with Crippen LogP contribution >= 0.6 is 0 Å². The van der Waals surface area contributed by atoms with E-state index in [9.17, 15) is 7.67 Å². The molecule has 2 fully saturated rings. The van der Waals surface area contributed by atoms with Crippen LogP contribution in [0.25, 0.3) is 0 Å². The summed E-state index contributed by atoms with van der Waals surface area (Å²) < 4.78 is 50.3. The van der Waals surface area contributed by atoms with E-state index in [0.29, 0.717) is 11.1 Å². The number of hydrogen-bond acceptors (Lipinski definition) is 6. The zero-order chi connectivity index (χ0) is 18.2. The van der Waals surface area contributed by atoms with Gasteiger partial charge in [-0.05, 0) is 0 Å². The second-order valence-corrected chi connectivity index (χ2v) is 11.1. The van der Waals surface area contributed by atoms with Crippen molar-refractivity contribution in [3.8, 4) is 0 Å².